The zero-order valence-corrected chi connectivity index (χ0v) is 14.7. The van der Waals surface area contributed by atoms with E-state index in [1.165, 1.54) is 0 Å². The fourth-order valence-corrected chi connectivity index (χ4v) is 2.72. The molecule has 0 saturated carbocycles. The molecule has 0 fully saturated rings. The van der Waals surface area contributed by atoms with Crippen LogP contribution in [-0.2, 0) is 4.79 Å². The number of rotatable bonds is 8. The van der Waals surface area contributed by atoms with E-state index in [4.69, 9.17) is 5.73 Å². The van der Waals surface area contributed by atoms with E-state index in [0.29, 0.717) is 12.0 Å². The van der Waals surface area contributed by atoms with Crippen LogP contribution in [0.4, 0.5) is 5.69 Å². The molecule has 0 heterocycles. The third kappa shape index (κ3) is 4.90. The smallest absolute Gasteiger partial charge is 0.251 e. The summed E-state index contributed by atoms with van der Waals surface area (Å²) in [5.41, 5.74) is 9.27. The third-order valence-electron chi connectivity index (χ3n) is 4.22. The van der Waals surface area contributed by atoms with Crippen LogP contribution < -0.4 is 16.0 Å². The molecule has 2 rings (SSSR count). The maximum atomic E-state index is 12.0. The van der Waals surface area contributed by atoms with Crippen LogP contribution in [0, 0.1) is 0 Å². The van der Waals surface area contributed by atoms with Gasteiger partial charge in [-0.15, -0.1) is 0 Å². The summed E-state index contributed by atoms with van der Waals surface area (Å²) in [4.78, 5) is 24.7. The highest BCUT2D eigenvalue weighted by molar-refractivity contribution is 6.00. The van der Waals surface area contributed by atoms with Crippen LogP contribution in [0.15, 0.2) is 48.5 Å². The van der Waals surface area contributed by atoms with Gasteiger partial charge < -0.3 is 20.7 Å². The molecule has 3 N–H and O–H groups in total. The molecule has 0 aliphatic rings. The molecule has 0 radical (unpaired) electrons. The molecule has 25 heavy (non-hydrogen) atoms. The third-order valence-corrected chi connectivity index (χ3v) is 4.22. The van der Waals surface area contributed by atoms with Gasteiger partial charge in [0.15, 0.2) is 0 Å². The number of nitrogens with zero attached hydrogens (tertiary/aromatic N) is 1. The van der Waals surface area contributed by atoms with Gasteiger partial charge in [-0.1, -0.05) is 30.3 Å². The Kier molecular flexibility index (Phi) is 6.71. The highest BCUT2D eigenvalue weighted by atomic mass is 16.1. The number of anilines is 1. The fraction of sp³-hybridized carbons (Fsp3) is 0.300. The number of carbonyl (C=O) groups excluding carboxylic acids is 2. The summed E-state index contributed by atoms with van der Waals surface area (Å²) < 4.78 is 0. The van der Waals surface area contributed by atoms with Crippen molar-refractivity contribution in [3.05, 3.63) is 54.1 Å². The summed E-state index contributed by atoms with van der Waals surface area (Å²) in [6, 6.07) is 15.3. The van der Waals surface area contributed by atoms with Crippen molar-refractivity contribution in [2.75, 3.05) is 25.5 Å². The van der Waals surface area contributed by atoms with Crippen molar-refractivity contribution >= 4 is 17.9 Å². The summed E-state index contributed by atoms with van der Waals surface area (Å²) in [6.45, 7) is 0.829. The van der Waals surface area contributed by atoms with Gasteiger partial charge in [-0.2, -0.15) is 0 Å². The Hall–Kier alpha value is -2.66. The SMILES string of the molecule is CNC(=O)c1ccccc1-c1ccc(N(C)CCCC(N)C=O)cc1. The van der Waals surface area contributed by atoms with Crippen molar-refractivity contribution in [3.63, 3.8) is 0 Å². The van der Waals surface area contributed by atoms with Gasteiger partial charge in [-0.05, 0) is 42.2 Å². The minimum atomic E-state index is -0.378. The number of nitrogens with two attached hydrogens (primary N) is 1. The quantitative estimate of drug-likeness (QED) is 0.725. The lowest BCUT2D eigenvalue weighted by molar-refractivity contribution is -0.109. The lowest BCUT2D eigenvalue weighted by atomic mass is 9.99. The van der Waals surface area contributed by atoms with E-state index in [0.717, 1.165) is 36.1 Å². The van der Waals surface area contributed by atoms with Gasteiger partial charge in [0.05, 0.1) is 6.04 Å². The number of carbonyl (C=O) groups is 2. The Morgan fingerprint density at radius 1 is 1.20 bits per heavy atom. The van der Waals surface area contributed by atoms with Gasteiger partial charge in [0.25, 0.3) is 5.91 Å². The number of hydrogen-bond donors (Lipinski definition) is 2. The van der Waals surface area contributed by atoms with Gasteiger partial charge in [0.1, 0.15) is 6.29 Å². The molecule has 0 bridgehead atoms. The Morgan fingerprint density at radius 2 is 1.88 bits per heavy atom. The number of amides is 1. The van der Waals surface area contributed by atoms with E-state index >= 15 is 0 Å². The summed E-state index contributed by atoms with van der Waals surface area (Å²) in [5.74, 6) is -0.0942. The van der Waals surface area contributed by atoms with Crippen LogP contribution in [-0.4, -0.2) is 38.9 Å². The second kappa shape index (κ2) is 8.99. The largest absolute Gasteiger partial charge is 0.375 e. The molecule has 0 aliphatic carbocycles. The first-order chi connectivity index (χ1) is 12.1. The van der Waals surface area contributed by atoms with Crippen LogP contribution in [0.2, 0.25) is 0 Å². The van der Waals surface area contributed by atoms with E-state index in [1.807, 2.05) is 55.6 Å². The fourth-order valence-electron chi connectivity index (χ4n) is 2.72. The zero-order valence-electron chi connectivity index (χ0n) is 14.7. The molecule has 2 aromatic carbocycles. The summed E-state index contributed by atoms with van der Waals surface area (Å²) in [6.07, 6.45) is 2.34. The van der Waals surface area contributed by atoms with Crippen molar-refractivity contribution in [2.24, 2.45) is 5.73 Å². The molecular weight excluding hydrogens is 314 g/mol. The van der Waals surface area contributed by atoms with Crippen LogP contribution in [0.25, 0.3) is 11.1 Å². The molecule has 1 amide bonds. The monoisotopic (exact) mass is 339 g/mol. The Balaban J connectivity index is 2.10. The normalized spacial score (nSPS) is 11.6. The van der Waals surface area contributed by atoms with Gasteiger partial charge in [0, 0.05) is 31.9 Å². The topological polar surface area (TPSA) is 75.4 Å². The van der Waals surface area contributed by atoms with Crippen molar-refractivity contribution in [1.82, 2.24) is 5.32 Å². The Morgan fingerprint density at radius 3 is 2.52 bits per heavy atom. The minimum absolute atomic E-state index is 0.0942. The maximum Gasteiger partial charge on any atom is 0.251 e. The minimum Gasteiger partial charge on any atom is -0.375 e. The molecule has 5 nitrogen and oxygen atoms in total. The van der Waals surface area contributed by atoms with E-state index in [2.05, 4.69) is 10.2 Å². The van der Waals surface area contributed by atoms with Gasteiger partial charge in [-0.25, -0.2) is 0 Å². The van der Waals surface area contributed by atoms with Crippen LogP contribution >= 0.6 is 0 Å². The van der Waals surface area contributed by atoms with E-state index in [1.54, 1.807) is 7.05 Å². The van der Waals surface area contributed by atoms with Crippen LogP contribution in [0.1, 0.15) is 23.2 Å². The molecule has 0 spiro atoms. The van der Waals surface area contributed by atoms with Crippen LogP contribution in [0.3, 0.4) is 0 Å². The van der Waals surface area contributed by atoms with Gasteiger partial charge in [0.2, 0.25) is 0 Å². The van der Waals surface area contributed by atoms with E-state index < -0.39 is 0 Å². The molecule has 1 atom stereocenters. The first kappa shape index (κ1) is 18.7. The predicted molar refractivity (Wildman–Crippen MR) is 102 cm³/mol. The molecule has 5 heteroatoms. The summed E-state index contributed by atoms with van der Waals surface area (Å²) in [7, 11) is 3.65. The molecule has 132 valence electrons. The first-order valence-electron chi connectivity index (χ1n) is 8.40. The van der Waals surface area contributed by atoms with Gasteiger partial charge in [-0.3, -0.25) is 4.79 Å². The maximum absolute atomic E-state index is 12.0. The van der Waals surface area contributed by atoms with Crippen molar-refractivity contribution < 1.29 is 9.59 Å². The van der Waals surface area contributed by atoms with Crippen molar-refractivity contribution in [2.45, 2.75) is 18.9 Å². The van der Waals surface area contributed by atoms with Crippen molar-refractivity contribution in [3.8, 4) is 11.1 Å². The Labute approximate surface area is 148 Å². The Bertz CT molecular complexity index is 713. The predicted octanol–water partition coefficient (Wildman–Crippen LogP) is 2.46. The molecule has 1 unspecified atom stereocenters. The number of nitrogens with one attached hydrogen (secondary N) is 1. The first-order valence-corrected chi connectivity index (χ1v) is 8.40. The highest BCUT2D eigenvalue weighted by Gasteiger charge is 2.11. The average Bonchev–Trinajstić information content (AvgIpc) is 2.67. The molecule has 2 aromatic rings. The van der Waals surface area contributed by atoms with Crippen LogP contribution in [0.5, 0.6) is 0 Å². The molecule has 0 aliphatic heterocycles. The lowest BCUT2D eigenvalue weighted by Gasteiger charge is -2.20. The van der Waals surface area contributed by atoms with Crippen molar-refractivity contribution in [1.29, 1.82) is 0 Å². The van der Waals surface area contributed by atoms with E-state index in [-0.39, 0.29) is 11.9 Å². The number of aldehydes is 1. The highest BCUT2D eigenvalue weighted by Crippen LogP contribution is 2.26. The number of benzene rings is 2. The lowest BCUT2D eigenvalue weighted by Crippen LogP contribution is -2.25. The second-order valence-electron chi connectivity index (χ2n) is 6.04. The zero-order chi connectivity index (χ0) is 18.2. The average molecular weight is 339 g/mol. The van der Waals surface area contributed by atoms with Gasteiger partial charge >= 0.3 is 0 Å². The standard InChI is InChI=1S/C20H25N3O2/c1-22-20(25)19-8-4-3-7-18(19)15-9-11-17(12-10-15)23(2)13-5-6-16(21)14-24/h3-4,7-12,14,16H,5-6,13,21H2,1-2H3,(H,22,25). The molecular formula is C20H25N3O2. The molecule has 0 saturated heterocycles. The molecule has 0 aromatic heterocycles. The summed E-state index contributed by atoms with van der Waals surface area (Å²) in [5, 5.41) is 2.68. The summed E-state index contributed by atoms with van der Waals surface area (Å²) >= 11 is 0. The second-order valence-corrected chi connectivity index (χ2v) is 6.04. The number of hydrogen-bond acceptors (Lipinski definition) is 4. The van der Waals surface area contributed by atoms with E-state index in [9.17, 15) is 9.59 Å².